The first kappa shape index (κ1) is 12.2. The molecule has 1 unspecified atom stereocenters. The molecule has 0 amide bonds. The summed E-state index contributed by atoms with van der Waals surface area (Å²) < 4.78 is 12.9. The van der Waals surface area contributed by atoms with E-state index in [9.17, 15) is 4.39 Å². The molecular weight excluding hydrogens is 235 g/mol. The zero-order chi connectivity index (χ0) is 12.1. The van der Waals surface area contributed by atoms with Gasteiger partial charge in [-0.05, 0) is 30.7 Å². The summed E-state index contributed by atoms with van der Waals surface area (Å²) in [5.74, 6) is -0.207. The third-order valence-corrected chi connectivity index (χ3v) is 3.15. The van der Waals surface area contributed by atoms with Crippen LogP contribution < -0.4 is 5.32 Å². The molecule has 0 aliphatic heterocycles. The van der Waals surface area contributed by atoms with E-state index in [4.69, 9.17) is 0 Å². The molecular formula is C13H15FN2S. The highest BCUT2D eigenvalue weighted by atomic mass is 32.1. The molecule has 90 valence electrons. The molecule has 0 aliphatic carbocycles. The van der Waals surface area contributed by atoms with E-state index in [1.165, 1.54) is 12.1 Å². The molecule has 0 saturated heterocycles. The van der Waals surface area contributed by atoms with Crippen LogP contribution in [-0.2, 0) is 0 Å². The van der Waals surface area contributed by atoms with Crippen LogP contribution in [0, 0.1) is 5.82 Å². The van der Waals surface area contributed by atoms with Crippen LogP contribution in [0.2, 0.25) is 0 Å². The van der Waals surface area contributed by atoms with Crippen molar-refractivity contribution in [1.29, 1.82) is 0 Å². The van der Waals surface area contributed by atoms with Gasteiger partial charge in [-0.3, -0.25) is 0 Å². The molecule has 4 heteroatoms. The molecule has 17 heavy (non-hydrogen) atoms. The highest BCUT2D eigenvalue weighted by Crippen LogP contribution is 2.22. The zero-order valence-electron chi connectivity index (χ0n) is 9.69. The van der Waals surface area contributed by atoms with Crippen molar-refractivity contribution in [2.75, 3.05) is 6.54 Å². The quantitative estimate of drug-likeness (QED) is 0.880. The number of rotatable bonds is 5. The number of nitrogens with one attached hydrogen (secondary N) is 1. The first-order valence-electron chi connectivity index (χ1n) is 5.68. The SMILES string of the molecule is CCCNC(c1ccc(F)cc1)c1cscn1. The Balaban J connectivity index is 2.23. The lowest BCUT2D eigenvalue weighted by atomic mass is 10.0. The van der Waals surface area contributed by atoms with Gasteiger partial charge in [0.05, 0.1) is 17.2 Å². The summed E-state index contributed by atoms with van der Waals surface area (Å²) in [6, 6.07) is 6.65. The molecule has 0 radical (unpaired) electrons. The van der Waals surface area contributed by atoms with Crippen molar-refractivity contribution in [3.63, 3.8) is 0 Å². The lowest BCUT2D eigenvalue weighted by molar-refractivity contribution is 0.584. The molecule has 2 aromatic rings. The second-order valence-corrected chi connectivity index (χ2v) is 4.57. The fraction of sp³-hybridized carbons (Fsp3) is 0.308. The van der Waals surface area contributed by atoms with E-state index in [-0.39, 0.29) is 11.9 Å². The maximum absolute atomic E-state index is 12.9. The van der Waals surface area contributed by atoms with Gasteiger partial charge in [-0.25, -0.2) is 9.37 Å². The maximum atomic E-state index is 12.9. The van der Waals surface area contributed by atoms with Crippen LogP contribution in [0.15, 0.2) is 35.2 Å². The topological polar surface area (TPSA) is 24.9 Å². The molecule has 0 bridgehead atoms. The second-order valence-electron chi connectivity index (χ2n) is 3.85. The van der Waals surface area contributed by atoms with Crippen molar-refractivity contribution in [3.8, 4) is 0 Å². The summed E-state index contributed by atoms with van der Waals surface area (Å²) in [4.78, 5) is 4.33. The number of benzene rings is 1. The Morgan fingerprint density at radius 2 is 2.12 bits per heavy atom. The summed E-state index contributed by atoms with van der Waals surface area (Å²) in [5, 5.41) is 5.45. The van der Waals surface area contributed by atoms with Gasteiger partial charge in [0.25, 0.3) is 0 Å². The lowest BCUT2D eigenvalue weighted by Crippen LogP contribution is -2.23. The molecule has 1 aromatic carbocycles. The van der Waals surface area contributed by atoms with Gasteiger partial charge in [0, 0.05) is 5.38 Å². The average molecular weight is 250 g/mol. The van der Waals surface area contributed by atoms with E-state index in [1.54, 1.807) is 11.3 Å². The number of thiazole rings is 1. The summed E-state index contributed by atoms with van der Waals surface area (Å²) in [5.41, 5.74) is 3.86. The molecule has 2 nitrogen and oxygen atoms in total. The molecule has 1 N–H and O–H groups in total. The van der Waals surface area contributed by atoms with Gasteiger partial charge >= 0.3 is 0 Å². The van der Waals surface area contributed by atoms with Gasteiger partial charge in [0.2, 0.25) is 0 Å². The molecule has 2 rings (SSSR count). The second kappa shape index (κ2) is 5.89. The number of aromatic nitrogens is 1. The summed E-state index contributed by atoms with van der Waals surface area (Å²) >= 11 is 1.57. The maximum Gasteiger partial charge on any atom is 0.123 e. The minimum Gasteiger partial charge on any atom is -0.305 e. The number of halogens is 1. The molecule has 1 atom stereocenters. The normalized spacial score (nSPS) is 12.6. The van der Waals surface area contributed by atoms with Crippen LogP contribution in [0.1, 0.15) is 30.6 Å². The van der Waals surface area contributed by atoms with E-state index in [1.807, 2.05) is 23.0 Å². The number of hydrogen-bond acceptors (Lipinski definition) is 3. The monoisotopic (exact) mass is 250 g/mol. The molecule has 0 aliphatic rings. The smallest absolute Gasteiger partial charge is 0.123 e. The van der Waals surface area contributed by atoms with Crippen molar-refractivity contribution in [3.05, 3.63) is 52.2 Å². The summed E-state index contributed by atoms with van der Waals surface area (Å²) in [6.07, 6.45) is 1.06. The largest absolute Gasteiger partial charge is 0.305 e. The Morgan fingerprint density at radius 3 is 2.71 bits per heavy atom. The van der Waals surface area contributed by atoms with Gasteiger partial charge in [0.1, 0.15) is 5.82 Å². The third-order valence-electron chi connectivity index (χ3n) is 2.55. The third kappa shape index (κ3) is 3.11. The van der Waals surface area contributed by atoms with Crippen LogP contribution in [-0.4, -0.2) is 11.5 Å². The van der Waals surface area contributed by atoms with E-state index < -0.39 is 0 Å². The average Bonchev–Trinajstić information content (AvgIpc) is 2.85. The fourth-order valence-corrected chi connectivity index (χ4v) is 2.28. The van der Waals surface area contributed by atoms with E-state index >= 15 is 0 Å². The summed E-state index contributed by atoms with van der Waals surface area (Å²) in [6.45, 7) is 3.04. The van der Waals surface area contributed by atoms with Crippen molar-refractivity contribution in [1.82, 2.24) is 10.3 Å². The van der Waals surface area contributed by atoms with Gasteiger partial charge in [-0.2, -0.15) is 0 Å². The van der Waals surface area contributed by atoms with E-state index in [0.717, 1.165) is 24.2 Å². The number of nitrogens with zero attached hydrogens (tertiary/aromatic N) is 1. The lowest BCUT2D eigenvalue weighted by Gasteiger charge is -2.16. The first-order chi connectivity index (χ1) is 8.31. The Kier molecular flexibility index (Phi) is 4.23. The minimum absolute atomic E-state index is 0.0572. The Bertz CT molecular complexity index is 439. The van der Waals surface area contributed by atoms with Crippen molar-refractivity contribution >= 4 is 11.3 Å². The van der Waals surface area contributed by atoms with Crippen LogP contribution in [0.3, 0.4) is 0 Å². The predicted octanol–water partition coefficient (Wildman–Crippen LogP) is 3.37. The molecule has 0 saturated carbocycles. The highest BCUT2D eigenvalue weighted by molar-refractivity contribution is 7.07. The van der Waals surface area contributed by atoms with E-state index in [0.29, 0.717) is 0 Å². The van der Waals surface area contributed by atoms with Crippen LogP contribution in [0.4, 0.5) is 4.39 Å². The molecule has 1 heterocycles. The van der Waals surface area contributed by atoms with Crippen LogP contribution in [0.25, 0.3) is 0 Å². The van der Waals surface area contributed by atoms with Crippen molar-refractivity contribution in [2.45, 2.75) is 19.4 Å². The van der Waals surface area contributed by atoms with Gasteiger partial charge in [0.15, 0.2) is 0 Å². The van der Waals surface area contributed by atoms with Gasteiger partial charge in [-0.15, -0.1) is 11.3 Å². The Hall–Kier alpha value is -1.26. The molecule has 0 fully saturated rings. The predicted molar refractivity (Wildman–Crippen MR) is 68.7 cm³/mol. The van der Waals surface area contributed by atoms with Crippen LogP contribution >= 0.6 is 11.3 Å². The Morgan fingerprint density at radius 1 is 1.35 bits per heavy atom. The van der Waals surface area contributed by atoms with Gasteiger partial charge in [-0.1, -0.05) is 19.1 Å². The van der Waals surface area contributed by atoms with Crippen molar-refractivity contribution in [2.24, 2.45) is 0 Å². The fourth-order valence-electron chi connectivity index (χ4n) is 1.70. The zero-order valence-corrected chi connectivity index (χ0v) is 10.5. The molecule has 1 aromatic heterocycles. The summed E-state index contributed by atoms with van der Waals surface area (Å²) in [7, 11) is 0. The van der Waals surface area contributed by atoms with E-state index in [2.05, 4.69) is 17.2 Å². The first-order valence-corrected chi connectivity index (χ1v) is 6.62. The standard InChI is InChI=1S/C13H15FN2S/c1-2-7-15-13(12-8-17-9-16-12)10-3-5-11(14)6-4-10/h3-6,8-9,13,15H,2,7H2,1H3. The molecule has 0 spiro atoms. The van der Waals surface area contributed by atoms with Crippen LogP contribution in [0.5, 0.6) is 0 Å². The highest BCUT2D eigenvalue weighted by Gasteiger charge is 2.14. The van der Waals surface area contributed by atoms with Gasteiger partial charge < -0.3 is 5.32 Å². The van der Waals surface area contributed by atoms with Crippen molar-refractivity contribution < 1.29 is 4.39 Å². The Labute approximate surface area is 105 Å². The number of hydrogen-bond donors (Lipinski definition) is 1. The minimum atomic E-state index is -0.207.